The third kappa shape index (κ3) is 1.07. The number of fused-ring (bicyclic) bond motifs is 1. The van der Waals surface area contributed by atoms with Gasteiger partial charge in [0.2, 0.25) is 5.43 Å². The molecule has 1 heterocycles. The molecule has 2 aromatic rings. The fourth-order valence-electron chi connectivity index (χ4n) is 1.32. The molecule has 4 heteroatoms. The van der Waals surface area contributed by atoms with Crippen LogP contribution in [0, 0.1) is 11.3 Å². The molecule has 0 aliphatic carbocycles. The van der Waals surface area contributed by atoms with Crippen LogP contribution in [0.1, 0.15) is 5.56 Å². The van der Waals surface area contributed by atoms with E-state index >= 15 is 0 Å². The van der Waals surface area contributed by atoms with Gasteiger partial charge in [-0.25, -0.2) is 0 Å². The molecular weight excluding hydrogens is 183 g/mol. The quantitative estimate of drug-likeness (QED) is 0.630. The standard InChI is InChI=1S/C10H5FN2O/c11-13-6-7(5-12)10(14)8-3-1-2-4-9(8)13/h1-4,6H. The van der Waals surface area contributed by atoms with Crippen LogP contribution in [0.5, 0.6) is 0 Å². The van der Waals surface area contributed by atoms with Crippen molar-refractivity contribution in [1.29, 1.82) is 5.26 Å². The van der Waals surface area contributed by atoms with Gasteiger partial charge >= 0.3 is 0 Å². The second kappa shape index (κ2) is 2.96. The summed E-state index contributed by atoms with van der Waals surface area (Å²) >= 11 is 0. The van der Waals surface area contributed by atoms with Gasteiger partial charge in [0.25, 0.3) is 0 Å². The fourth-order valence-corrected chi connectivity index (χ4v) is 1.32. The number of rotatable bonds is 0. The van der Waals surface area contributed by atoms with Crippen LogP contribution in [0.3, 0.4) is 0 Å². The van der Waals surface area contributed by atoms with E-state index in [0.717, 1.165) is 6.20 Å². The molecule has 68 valence electrons. The molecule has 0 unspecified atom stereocenters. The number of pyridine rings is 1. The number of nitrogens with zero attached hydrogens (tertiary/aromatic N) is 2. The summed E-state index contributed by atoms with van der Waals surface area (Å²) < 4.78 is 13.2. The molecular formula is C10H5FN2O. The van der Waals surface area contributed by atoms with Crippen molar-refractivity contribution in [2.75, 3.05) is 0 Å². The summed E-state index contributed by atoms with van der Waals surface area (Å²) in [7, 11) is 0. The highest BCUT2D eigenvalue weighted by molar-refractivity contribution is 5.79. The first-order chi connectivity index (χ1) is 6.74. The molecule has 14 heavy (non-hydrogen) atoms. The van der Waals surface area contributed by atoms with Crippen molar-refractivity contribution in [2.45, 2.75) is 0 Å². The molecule has 0 aliphatic rings. The average Bonchev–Trinajstić information content (AvgIpc) is 2.23. The molecule has 0 saturated heterocycles. The van der Waals surface area contributed by atoms with Gasteiger partial charge in [0.1, 0.15) is 11.6 Å². The minimum atomic E-state index is -0.433. The van der Waals surface area contributed by atoms with Crippen molar-refractivity contribution in [2.24, 2.45) is 0 Å². The van der Waals surface area contributed by atoms with Gasteiger partial charge in [-0.3, -0.25) is 4.79 Å². The minimum Gasteiger partial charge on any atom is -0.288 e. The average molecular weight is 188 g/mol. The Morgan fingerprint density at radius 1 is 1.36 bits per heavy atom. The maximum atomic E-state index is 13.2. The molecule has 0 amide bonds. The maximum absolute atomic E-state index is 13.2. The van der Waals surface area contributed by atoms with E-state index in [1.807, 2.05) is 0 Å². The van der Waals surface area contributed by atoms with Crippen LogP contribution >= 0.6 is 0 Å². The Kier molecular flexibility index (Phi) is 1.79. The zero-order chi connectivity index (χ0) is 10.1. The summed E-state index contributed by atoms with van der Waals surface area (Å²) in [4.78, 5) is 11.8. The van der Waals surface area contributed by atoms with Crippen LogP contribution in [0.15, 0.2) is 35.3 Å². The van der Waals surface area contributed by atoms with Gasteiger partial charge in [0.05, 0.1) is 11.7 Å². The Morgan fingerprint density at radius 2 is 2.07 bits per heavy atom. The Hall–Kier alpha value is -2.15. The van der Waals surface area contributed by atoms with E-state index in [0.29, 0.717) is 0 Å². The number of para-hydroxylation sites is 1. The summed E-state index contributed by atoms with van der Waals surface area (Å²) in [6.07, 6.45) is 0.894. The topological polar surface area (TPSA) is 45.8 Å². The lowest BCUT2D eigenvalue weighted by atomic mass is 10.1. The van der Waals surface area contributed by atoms with Crippen LogP contribution < -0.4 is 5.43 Å². The van der Waals surface area contributed by atoms with E-state index in [-0.39, 0.29) is 21.3 Å². The van der Waals surface area contributed by atoms with Crippen molar-refractivity contribution >= 4 is 10.9 Å². The summed E-state index contributed by atoms with van der Waals surface area (Å²) in [6, 6.07) is 7.89. The minimum absolute atomic E-state index is 0.177. The molecule has 0 radical (unpaired) electrons. The normalized spacial score (nSPS) is 10.0. The molecule has 3 nitrogen and oxygen atoms in total. The van der Waals surface area contributed by atoms with Gasteiger partial charge in [-0.15, -0.1) is 0 Å². The van der Waals surface area contributed by atoms with E-state index in [2.05, 4.69) is 0 Å². The molecule has 0 fully saturated rings. The zero-order valence-corrected chi connectivity index (χ0v) is 7.07. The van der Waals surface area contributed by atoms with Crippen LogP contribution in [0.4, 0.5) is 4.48 Å². The lowest BCUT2D eigenvalue weighted by Gasteiger charge is -2.00. The zero-order valence-electron chi connectivity index (χ0n) is 7.07. The van der Waals surface area contributed by atoms with Crippen molar-refractivity contribution in [1.82, 2.24) is 4.79 Å². The number of hydrogen-bond acceptors (Lipinski definition) is 2. The van der Waals surface area contributed by atoms with Crippen LogP contribution in [0.2, 0.25) is 0 Å². The SMILES string of the molecule is N#Cc1cn(F)c2ccccc2c1=O. The van der Waals surface area contributed by atoms with E-state index < -0.39 is 5.43 Å². The first kappa shape index (κ1) is 8.45. The Morgan fingerprint density at radius 3 is 2.79 bits per heavy atom. The summed E-state index contributed by atoms with van der Waals surface area (Å²) in [6.45, 7) is 0. The second-order valence-electron chi connectivity index (χ2n) is 2.81. The summed E-state index contributed by atoms with van der Waals surface area (Å²) in [5.41, 5.74) is -0.445. The Labute approximate surface area is 78.6 Å². The predicted octanol–water partition coefficient (Wildman–Crippen LogP) is 1.61. The highest BCUT2D eigenvalue weighted by atomic mass is 19.2. The lowest BCUT2D eigenvalue weighted by Crippen LogP contribution is -2.09. The maximum Gasteiger partial charge on any atom is 0.207 e. The third-order valence-electron chi connectivity index (χ3n) is 1.99. The van der Waals surface area contributed by atoms with E-state index in [1.54, 1.807) is 18.2 Å². The van der Waals surface area contributed by atoms with Crippen LogP contribution in [0.25, 0.3) is 10.9 Å². The van der Waals surface area contributed by atoms with Crippen molar-refractivity contribution in [3.8, 4) is 6.07 Å². The van der Waals surface area contributed by atoms with Gasteiger partial charge < -0.3 is 0 Å². The number of hydrogen-bond donors (Lipinski definition) is 0. The fraction of sp³-hybridized carbons (Fsp3) is 0. The van der Waals surface area contributed by atoms with E-state index in [9.17, 15) is 9.28 Å². The van der Waals surface area contributed by atoms with Crippen molar-refractivity contribution < 1.29 is 4.48 Å². The largest absolute Gasteiger partial charge is 0.288 e. The number of nitriles is 1. The van der Waals surface area contributed by atoms with Crippen molar-refractivity contribution in [3.63, 3.8) is 0 Å². The molecule has 0 saturated carbocycles. The molecule has 0 atom stereocenters. The summed E-state index contributed by atoms with van der Waals surface area (Å²) in [5.74, 6) is 0. The molecule has 1 aromatic carbocycles. The first-order valence-electron chi connectivity index (χ1n) is 3.94. The van der Waals surface area contributed by atoms with Gasteiger partial charge in [0, 0.05) is 5.39 Å². The monoisotopic (exact) mass is 188 g/mol. The van der Waals surface area contributed by atoms with Gasteiger partial charge in [-0.1, -0.05) is 16.6 Å². The smallest absolute Gasteiger partial charge is 0.207 e. The number of benzene rings is 1. The van der Waals surface area contributed by atoms with Crippen LogP contribution in [-0.4, -0.2) is 4.79 Å². The van der Waals surface area contributed by atoms with Crippen LogP contribution in [-0.2, 0) is 0 Å². The lowest BCUT2D eigenvalue weighted by molar-refractivity contribution is 0.384. The number of halogens is 1. The molecule has 0 N–H and O–H groups in total. The first-order valence-corrected chi connectivity index (χ1v) is 3.94. The second-order valence-corrected chi connectivity index (χ2v) is 2.81. The Bertz CT molecular complexity index is 595. The molecule has 0 spiro atoms. The number of aromatic nitrogens is 1. The predicted molar refractivity (Wildman–Crippen MR) is 49.4 cm³/mol. The highest BCUT2D eigenvalue weighted by Crippen LogP contribution is 2.10. The van der Waals surface area contributed by atoms with Gasteiger partial charge in [-0.2, -0.15) is 10.1 Å². The van der Waals surface area contributed by atoms with Crippen molar-refractivity contribution in [3.05, 3.63) is 46.2 Å². The molecule has 2 rings (SSSR count). The molecule has 0 bridgehead atoms. The van der Waals surface area contributed by atoms with E-state index in [4.69, 9.17) is 5.26 Å². The van der Waals surface area contributed by atoms with Gasteiger partial charge in [0.15, 0.2) is 0 Å². The highest BCUT2D eigenvalue weighted by Gasteiger charge is 2.06. The summed E-state index contributed by atoms with van der Waals surface area (Å²) in [5, 5.41) is 8.79. The van der Waals surface area contributed by atoms with Gasteiger partial charge in [-0.05, 0) is 12.1 Å². The molecule has 0 aliphatic heterocycles. The third-order valence-corrected chi connectivity index (χ3v) is 1.99. The Balaban J connectivity index is 3.04. The van der Waals surface area contributed by atoms with E-state index in [1.165, 1.54) is 12.1 Å². The molecule has 1 aromatic heterocycles.